The van der Waals surface area contributed by atoms with Crippen LogP contribution in [0, 0.1) is 0 Å². The first-order chi connectivity index (χ1) is 17.5. The van der Waals surface area contributed by atoms with Crippen LogP contribution in [0.15, 0.2) is 82.7 Å². The quantitative estimate of drug-likeness (QED) is 0.262. The third-order valence-electron chi connectivity index (χ3n) is 5.91. The molecule has 0 fully saturated rings. The van der Waals surface area contributed by atoms with Crippen LogP contribution >= 0.6 is 11.8 Å². The molecule has 0 aliphatic rings. The van der Waals surface area contributed by atoms with E-state index in [0.29, 0.717) is 38.8 Å². The summed E-state index contributed by atoms with van der Waals surface area (Å²) in [6.45, 7) is 3.54. The zero-order chi connectivity index (χ0) is 25.2. The number of ketones is 1. The van der Waals surface area contributed by atoms with Crippen molar-refractivity contribution in [3.05, 3.63) is 94.3 Å². The van der Waals surface area contributed by atoms with E-state index in [4.69, 9.17) is 0 Å². The summed E-state index contributed by atoms with van der Waals surface area (Å²) in [4.78, 5) is 38.0. The number of aromatic nitrogens is 4. The van der Waals surface area contributed by atoms with Crippen LogP contribution in [0.3, 0.4) is 0 Å². The highest BCUT2D eigenvalue weighted by molar-refractivity contribution is 7.99. The van der Waals surface area contributed by atoms with Crippen molar-refractivity contribution in [1.29, 1.82) is 0 Å². The fourth-order valence-corrected chi connectivity index (χ4v) is 4.84. The number of hydrogen-bond acceptors (Lipinski definition) is 6. The minimum atomic E-state index is -0.279. The highest BCUT2D eigenvalue weighted by Gasteiger charge is 2.19. The first-order valence-electron chi connectivity index (χ1n) is 11.5. The number of hydrogen-bond donors (Lipinski definition) is 1. The Morgan fingerprint density at radius 1 is 0.944 bits per heavy atom. The Labute approximate surface area is 211 Å². The molecule has 0 atom stereocenters. The van der Waals surface area contributed by atoms with Gasteiger partial charge in [-0.1, -0.05) is 55.1 Å². The molecule has 2 heterocycles. The summed E-state index contributed by atoms with van der Waals surface area (Å²) < 4.78 is 3.34. The molecule has 180 valence electrons. The van der Waals surface area contributed by atoms with Crippen molar-refractivity contribution in [3.8, 4) is 5.69 Å². The number of para-hydroxylation sites is 2. The summed E-state index contributed by atoms with van der Waals surface area (Å²) in [6.07, 6.45) is 0.896. The Kier molecular flexibility index (Phi) is 6.39. The molecule has 2 aromatic heterocycles. The normalized spacial score (nSPS) is 11.2. The summed E-state index contributed by atoms with van der Waals surface area (Å²) in [7, 11) is 0. The molecule has 0 radical (unpaired) electrons. The number of nitrogens with zero attached hydrogens (tertiary/aromatic N) is 4. The number of aryl methyl sites for hydroxylation is 1. The zero-order valence-electron chi connectivity index (χ0n) is 19.8. The molecule has 0 saturated heterocycles. The minimum absolute atomic E-state index is 0.0473. The maximum absolute atomic E-state index is 13.4. The van der Waals surface area contributed by atoms with Crippen molar-refractivity contribution >= 4 is 45.8 Å². The van der Waals surface area contributed by atoms with E-state index < -0.39 is 0 Å². The molecule has 0 spiro atoms. The average molecular weight is 498 g/mol. The van der Waals surface area contributed by atoms with Gasteiger partial charge in [0, 0.05) is 5.56 Å². The molecule has 0 aliphatic heterocycles. The van der Waals surface area contributed by atoms with Crippen molar-refractivity contribution in [1.82, 2.24) is 19.2 Å². The van der Waals surface area contributed by atoms with Gasteiger partial charge in [-0.15, -0.1) is 10.2 Å². The summed E-state index contributed by atoms with van der Waals surface area (Å²) in [5, 5.41) is 12.4. The van der Waals surface area contributed by atoms with E-state index in [1.54, 1.807) is 39.3 Å². The van der Waals surface area contributed by atoms with E-state index in [-0.39, 0.29) is 23.0 Å². The molecule has 9 heteroatoms. The largest absolute Gasteiger partial charge is 0.325 e. The van der Waals surface area contributed by atoms with Crippen molar-refractivity contribution in [2.24, 2.45) is 0 Å². The lowest BCUT2D eigenvalue weighted by Gasteiger charge is -2.12. The van der Waals surface area contributed by atoms with Crippen LogP contribution in [0.4, 0.5) is 5.69 Å². The smallest absolute Gasteiger partial charge is 0.267 e. The van der Waals surface area contributed by atoms with Crippen LogP contribution in [0.5, 0.6) is 0 Å². The number of thioether (sulfide) groups is 1. The second-order valence-corrected chi connectivity index (χ2v) is 9.18. The molecule has 1 N–H and O–H groups in total. The average Bonchev–Trinajstić information content (AvgIpc) is 3.32. The molecular weight excluding hydrogens is 474 g/mol. The number of amides is 1. The number of benzene rings is 3. The van der Waals surface area contributed by atoms with E-state index in [1.807, 2.05) is 42.5 Å². The molecule has 0 bridgehead atoms. The lowest BCUT2D eigenvalue weighted by Crippen LogP contribution is -2.22. The number of nitrogens with one attached hydrogen (secondary N) is 1. The Balaban J connectivity index is 1.52. The third-order valence-corrected chi connectivity index (χ3v) is 6.84. The van der Waals surface area contributed by atoms with Gasteiger partial charge in [0.25, 0.3) is 5.56 Å². The Morgan fingerprint density at radius 2 is 1.67 bits per heavy atom. The van der Waals surface area contributed by atoms with Gasteiger partial charge in [-0.05, 0) is 55.3 Å². The number of carbonyl (C=O) groups excluding carboxylic acids is 2. The number of Topliss-reactive ketones (excluding diaryl/α,β-unsaturated/α-hetero) is 1. The van der Waals surface area contributed by atoms with Crippen LogP contribution in [-0.2, 0) is 11.2 Å². The molecule has 0 aliphatic carbocycles. The van der Waals surface area contributed by atoms with E-state index in [0.717, 1.165) is 6.42 Å². The molecule has 5 aromatic rings. The summed E-state index contributed by atoms with van der Waals surface area (Å²) in [6, 6.07) is 21.9. The second-order valence-electron chi connectivity index (χ2n) is 8.23. The number of anilines is 1. The molecule has 8 nitrogen and oxygen atoms in total. The van der Waals surface area contributed by atoms with Crippen molar-refractivity contribution in [2.45, 2.75) is 25.4 Å². The van der Waals surface area contributed by atoms with Crippen LogP contribution in [0.1, 0.15) is 29.8 Å². The maximum Gasteiger partial charge on any atom is 0.267 e. The van der Waals surface area contributed by atoms with E-state index >= 15 is 0 Å². The summed E-state index contributed by atoms with van der Waals surface area (Å²) >= 11 is 1.21. The van der Waals surface area contributed by atoms with E-state index in [2.05, 4.69) is 22.4 Å². The van der Waals surface area contributed by atoms with Gasteiger partial charge in [-0.25, -0.2) is 4.57 Å². The standard InChI is InChI=1S/C27H23N5O3S/c1-3-18-12-14-19(15-13-18)31-25(35)21-9-5-7-11-23(21)32-26(31)29-30-27(32)36-16-24(34)28-22-10-6-4-8-20(22)17(2)33/h4-15H,3,16H2,1-2H3,(H,28,34). The molecule has 36 heavy (non-hydrogen) atoms. The van der Waals surface area contributed by atoms with Crippen molar-refractivity contribution in [3.63, 3.8) is 0 Å². The van der Waals surface area contributed by atoms with Gasteiger partial charge in [0.15, 0.2) is 10.9 Å². The predicted molar refractivity (Wildman–Crippen MR) is 141 cm³/mol. The summed E-state index contributed by atoms with van der Waals surface area (Å²) in [5.41, 5.74) is 3.25. The number of rotatable bonds is 7. The Hall–Kier alpha value is -4.24. The van der Waals surface area contributed by atoms with Gasteiger partial charge < -0.3 is 5.32 Å². The topological polar surface area (TPSA) is 98.4 Å². The molecule has 1 amide bonds. The third kappa shape index (κ3) is 4.29. The Bertz CT molecular complexity index is 1670. The van der Waals surface area contributed by atoms with E-state index in [1.165, 1.54) is 24.2 Å². The van der Waals surface area contributed by atoms with Crippen LogP contribution in [0.25, 0.3) is 22.4 Å². The van der Waals surface area contributed by atoms with Gasteiger partial charge in [0.1, 0.15) is 0 Å². The van der Waals surface area contributed by atoms with Crippen LogP contribution in [0.2, 0.25) is 0 Å². The van der Waals surface area contributed by atoms with Crippen molar-refractivity contribution < 1.29 is 9.59 Å². The highest BCUT2D eigenvalue weighted by atomic mass is 32.2. The van der Waals surface area contributed by atoms with Gasteiger partial charge in [0.2, 0.25) is 11.7 Å². The first kappa shape index (κ1) is 23.5. The van der Waals surface area contributed by atoms with Crippen molar-refractivity contribution in [2.75, 3.05) is 11.1 Å². The molecule has 5 rings (SSSR count). The molecular formula is C27H23N5O3S. The lowest BCUT2D eigenvalue weighted by atomic mass is 10.1. The number of fused-ring (bicyclic) bond motifs is 3. The maximum atomic E-state index is 13.4. The predicted octanol–water partition coefficient (Wildman–Crippen LogP) is 4.53. The van der Waals surface area contributed by atoms with Gasteiger partial charge in [0.05, 0.1) is 28.0 Å². The van der Waals surface area contributed by atoms with E-state index in [9.17, 15) is 14.4 Å². The zero-order valence-corrected chi connectivity index (χ0v) is 20.6. The highest BCUT2D eigenvalue weighted by Crippen LogP contribution is 2.24. The summed E-state index contributed by atoms with van der Waals surface area (Å²) in [5.74, 6) is 0.00974. The SMILES string of the molecule is CCc1ccc(-n2c(=O)c3ccccc3n3c(SCC(=O)Nc4ccccc4C(C)=O)nnc23)cc1. The minimum Gasteiger partial charge on any atom is -0.325 e. The molecule has 3 aromatic carbocycles. The fraction of sp³-hybridized carbons (Fsp3) is 0.148. The molecule has 0 unspecified atom stereocenters. The van der Waals surface area contributed by atoms with Gasteiger partial charge in [-0.3, -0.25) is 18.8 Å². The van der Waals surface area contributed by atoms with Crippen LogP contribution < -0.4 is 10.9 Å². The lowest BCUT2D eigenvalue weighted by molar-refractivity contribution is -0.113. The fourth-order valence-electron chi connectivity index (χ4n) is 4.10. The number of carbonyl (C=O) groups is 2. The monoisotopic (exact) mass is 497 g/mol. The van der Waals surface area contributed by atoms with Gasteiger partial charge in [-0.2, -0.15) is 0 Å². The Morgan fingerprint density at radius 3 is 2.42 bits per heavy atom. The van der Waals surface area contributed by atoms with Crippen LogP contribution in [-0.4, -0.2) is 36.6 Å². The van der Waals surface area contributed by atoms with Gasteiger partial charge >= 0.3 is 0 Å². The molecule has 0 saturated carbocycles. The first-order valence-corrected chi connectivity index (χ1v) is 12.5. The second kappa shape index (κ2) is 9.79.